The molecule has 0 saturated carbocycles. The molecule has 0 bridgehead atoms. The lowest BCUT2D eigenvalue weighted by molar-refractivity contribution is 1.43. The molecule has 0 aliphatic carbocycles. The van der Waals surface area contributed by atoms with Crippen molar-refractivity contribution in [2.24, 2.45) is 0 Å². The normalized spacial score (nSPS) is 9.09. The number of aryl methyl sites for hydroxylation is 1. The van der Waals surface area contributed by atoms with Crippen LogP contribution >= 0.6 is 0 Å². The first kappa shape index (κ1) is 7.42. The van der Waals surface area contributed by atoms with E-state index in [0.717, 1.165) is 5.56 Å². The Kier molecular flexibility index (Phi) is 1.69. The number of anilines is 2. The van der Waals surface area contributed by atoms with Crippen LogP contribution in [0, 0.1) is 18.3 Å². The summed E-state index contributed by atoms with van der Waals surface area (Å²) in [6, 6.07) is 5.40. The molecule has 1 rings (SSSR count). The Morgan fingerprint density at radius 1 is 1.27 bits per heavy atom. The third-order valence-corrected chi connectivity index (χ3v) is 1.46. The molecule has 0 amide bonds. The highest BCUT2D eigenvalue weighted by Gasteiger charge is 2.02. The molecule has 0 spiro atoms. The van der Waals surface area contributed by atoms with Crippen LogP contribution in [0.5, 0.6) is 0 Å². The van der Waals surface area contributed by atoms with Gasteiger partial charge in [0.2, 0.25) is 0 Å². The van der Waals surface area contributed by atoms with E-state index in [-0.39, 0.29) is 0 Å². The number of benzene rings is 1. The van der Waals surface area contributed by atoms with Gasteiger partial charge in [0.1, 0.15) is 6.07 Å². The van der Waals surface area contributed by atoms with E-state index in [1.165, 1.54) is 0 Å². The zero-order chi connectivity index (χ0) is 8.43. The summed E-state index contributed by atoms with van der Waals surface area (Å²) >= 11 is 0. The van der Waals surface area contributed by atoms with Gasteiger partial charge >= 0.3 is 0 Å². The standard InChI is InChI=1S/C8H9N3/c1-5-2-7(10)6(4-9)8(11)3-5/h2-3H,10-11H2,1H3. The first-order chi connectivity index (χ1) is 5.15. The van der Waals surface area contributed by atoms with Crippen molar-refractivity contribution in [1.82, 2.24) is 0 Å². The van der Waals surface area contributed by atoms with Gasteiger partial charge in [0, 0.05) is 0 Å². The third kappa shape index (κ3) is 1.24. The lowest BCUT2D eigenvalue weighted by Crippen LogP contribution is -1.97. The van der Waals surface area contributed by atoms with Crippen molar-refractivity contribution in [3.8, 4) is 6.07 Å². The molecule has 3 nitrogen and oxygen atoms in total. The number of rotatable bonds is 0. The molecule has 0 aliphatic heterocycles. The fourth-order valence-corrected chi connectivity index (χ4v) is 0.972. The second kappa shape index (κ2) is 2.51. The molecular formula is C8H9N3. The minimum atomic E-state index is 0.371. The summed E-state index contributed by atoms with van der Waals surface area (Å²) in [7, 11) is 0. The SMILES string of the molecule is Cc1cc(N)c(C#N)c(N)c1. The van der Waals surface area contributed by atoms with Gasteiger partial charge in [-0.2, -0.15) is 5.26 Å². The van der Waals surface area contributed by atoms with E-state index < -0.39 is 0 Å². The number of nitrogens with two attached hydrogens (primary N) is 2. The maximum atomic E-state index is 8.58. The van der Waals surface area contributed by atoms with Gasteiger partial charge in [0.15, 0.2) is 0 Å². The number of hydrogen-bond donors (Lipinski definition) is 2. The van der Waals surface area contributed by atoms with Crippen LogP contribution in [-0.2, 0) is 0 Å². The Morgan fingerprint density at radius 3 is 2.09 bits per heavy atom. The van der Waals surface area contributed by atoms with Crippen LogP contribution in [0.25, 0.3) is 0 Å². The van der Waals surface area contributed by atoms with Gasteiger partial charge in [0.05, 0.1) is 16.9 Å². The largest absolute Gasteiger partial charge is 0.398 e. The van der Waals surface area contributed by atoms with Crippen molar-refractivity contribution >= 4 is 11.4 Å². The van der Waals surface area contributed by atoms with Gasteiger partial charge < -0.3 is 11.5 Å². The predicted molar refractivity (Wildman–Crippen MR) is 44.7 cm³/mol. The van der Waals surface area contributed by atoms with Crippen molar-refractivity contribution in [3.05, 3.63) is 23.3 Å². The Labute approximate surface area is 65.2 Å². The molecule has 1 aromatic carbocycles. The Morgan fingerprint density at radius 2 is 1.73 bits per heavy atom. The van der Waals surface area contributed by atoms with E-state index in [0.29, 0.717) is 16.9 Å². The molecule has 0 heterocycles. The molecule has 0 aromatic heterocycles. The highest BCUT2D eigenvalue weighted by molar-refractivity contribution is 5.68. The zero-order valence-electron chi connectivity index (χ0n) is 6.26. The van der Waals surface area contributed by atoms with Crippen LogP contribution in [0.2, 0.25) is 0 Å². The third-order valence-electron chi connectivity index (χ3n) is 1.46. The van der Waals surface area contributed by atoms with E-state index in [4.69, 9.17) is 16.7 Å². The van der Waals surface area contributed by atoms with Gasteiger partial charge in [-0.15, -0.1) is 0 Å². The molecule has 0 aliphatic rings. The van der Waals surface area contributed by atoms with Crippen LogP contribution in [-0.4, -0.2) is 0 Å². The Balaban J connectivity index is 3.40. The molecule has 0 atom stereocenters. The van der Waals surface area contributed by atoms with Gasteiger partial charge in [0.25, 0.3) is 0 Å². The van der Waals surface area contributed by atoms with Crippen molar-refractivity contribution in [1.29, 1.82) is 5.26 Å². The van der Waals surface area contributed by atoms with Crippen molar-refractivity contribution in [3.63, 3.8) is 0 Å². The summed E-state index contributed by atoms with van der Waals surface area (Å²) in [5, 5.41) is 8.58. The summed E-state index contributed by atoms with van der Waals surface area (Å²) in [6.45, 7) is 1.88. The molecular weight excluding hydrogens is 138 g/mol. The highest BCUT2D eigenvalue weighted by Crippen LogP contribution is 2.19. The lowest BCUT2D eigenvalue weighted by Gasteiger charge is -2.02. The van der Waals surface area contributed by atoms with Crippen LogP contribution in [0.4, 0.5) is 11.4 Å². The Bertz CT molecular complexity index is 300. The summed E-state index contributed by atoms with van der Waals surface area (Å²) in [6.07, 6.45) is 0. The summed E-state index contributed by atoms with van der Waals surface area (Å²) in [5.41, 5.74) is 13.3. The van der Waals surface area contributed by atoms with E-state index >= 15 is 0 Å². The fraction of sp³-hybridized carbons (Fsp3) is 0.125. The minimum Gasteiger partial charge on any atom is -0.398 e. The number of nitrogens with zero attached hydrogens (tertiary/aromatic N) is 1. The second-order valence-corrected chi connectivity index (χ2v) is 2.43. The van der Waals surface area contributed by atoms with Gasteiger partial charge in [-0.3, -0.25) is 0 Å². The van der Waals surface area contributed by atoms with Gasteiger partial charge in [-0.1, -0.05) is 0 Å². The van der Waals surface area contributed by atoms with Crippen LogP contribution in [0.3, 0.4) is 0 Å². The molecule has 0 unspecified atom stereocenters. The number of nitriles is 1. The molecule has 56 valence electrons. The lowest BCUT2D eigenvalue weighted by atomic mass is 10.1. The Hall–Kier alpha value is -1.69. The molecule has 11 heavy (non-hydrogen) atoms. The minimum absolute atomic E-state index is 0.371. The van der Waals surface area contributed by atoms with Crippen molar-refractivity contribution < 1.29 is 0 Å². The smallest absolute Gasteiger partial charge is 0.103 e. The van der Waals surface area contributed by atoms with Crippen LogP contribution in [0.15, 0.2) is 12.1 Å². The second-order valence-electron chi connectivity index (χ2n) is 2.43. The maximum absolute atomic E-state index is 8.58. The molecule has 3 heteroatoms. The van der Waals surface area contributed by atoms with E-state index in [1.807, 2.05) is 13.0 Å². The highest BCUT2D eigenvalue weighted by atomic mass is 14.6. The van der Waals surface area contributed by atoms with Crippen LogP contribution in [0.1, 0.15) is 11.1 Å². The summed E-state index contributed by atoms with van der Waals surface area (Å²) < 4.78 is 0. The number of hydrogen-bond acceptors (Lipinski definition) is 3. The van der Waals surface area contributed by atoms with Gasteiger partial charge in [-0.05, 0) is 24.6 Å². The quantitative estimate of drug-likeness (QED) is 0.538. The molecule has 1 aromatic rings. The molecule has 0 fully saturated rings. The average molecular weight is 147 g/mol. The van der Waals surface area contributed by atoms with Gasteiger partial charge in [-0.25, -0.2) is 0 Å². The van der Waals surface area contributed by atoms with E-state index in [1.54, 1.807) is 12.1 Å². The number of nitrogen functional groups attached to an aromatic ring is 2. The molecule has 0 saturated heterocycles. The summed E-state index contributed by atoms with van der Waals surface area (Å²) in [5.74, 6) is 0. The fourth-order valence-electron chi connectivity index (χ4n) is 0.972. The summed E-state index contributed by atoms with van der Waals surface area (Å²) in [4.78, 5) is 0. The van der Waals surface area contributed by atoms with Crippen molar-refractivity contribution in [2.45, 2.75) is 6.92 Å². The monoisotopic (exact) mass is 147 g/mol. The predicted octanol–water partition coefficient (Wildman–Crippen LogP) is 1.03. The zero-order valence-corrected chi connectivity index (χ0v) is 6.26. The average Bonchev–Trinajstić information content (AvgIpc) is 1.85. The van der Waals surface area contributed by atoms with E-state index in [9.17, 15) is 0 Å². The maximum Gasteiger partial charge on any atom is 0.103 e. The van der Waals surface area contributed by atoms with Crippen molar-refractivity contribution in [2.75, 3.05) is 11.5 Å². The topological polar surface area (TPSA) is 75.8 Å². The first-order valence-corrected chi connectivity index (χ1v) is 3.21. The molecule has 0 radical (unpaired) electrons. The molecule has 4 N–H and O–H groups in total. The first-order valence-electron chi connectivity index (χ1n) is 3.21. The van der Waals surface area contributed by atoms with E-state index in [2.05, 4.69) is 0 Å². The van der Waals surface area contributed by atoms with Crippen LogP contribution < -0.4 is 11.5 Å².